The maximum atomic E-state index is 12.1. The highest BCUT2D eigenvalue weighted by Gasteiger charge is 2.12. The van der Waals surface area contributed by atoms with E-state index >= 15 is 0 Å². The zero-order valence-corrected chi connectivity index (χ0v) is 14.6. The van der Waals surface area contributed by atoms with E-state index in [1.165, 1.54) is 16.7 Å². The van der Waals surface area contributed by atoms with Crippen LogP contribution in [0.4, 0.5) is 0 Å². The van der Waals surface area contributed by atoms with Crippen molar-refractivity contribution in [3.05, 3.63) is 58.7 Å². The Hall–Kier alpha value is -2.89. The number of nitrogens with zero attached hydrogens (tertiary/aromatic N) is 2. The molecule has 3 rings (SSSR count). The minimum absolute atomic E-state index is 0.0443. The number of hydrogen-bond acceptors (Lipinski definition) is 5. The molecule has 0 radical (unpaired) electrons. The molecule has 25 heavy (non-hydrogen) atoms. The van der Waals surface area contributed by atoms with Crippen molar-refractivity contribution in [2.75, 3.05) is 0 Å². The fourth-order valence-electron chi connectivity index (χ4n) is 2.85. The first-order chi connectivity index (χ1) is 12.0. The van der Waals surface area contributed by atoms with Gasteiger partial charge in [0.1, 0.15) is 0 Å². The van der Waals surface area contributed by atoms with Gasteiger partial charge in [0.05, 0.1) is 6.26 Å². The summed E-state index contributed by atoms with van der Waals surface area (Å²) >= 11 is 0. The molecule has 0 aliphatic rings. The number of aryl methyl sites for hydroxylation is 4. The molecule has 1 N–H and O–H groups in total. The SMILES string of the molecule is Cc1cc(C)c(CNC(=O)CCc2nc(-c3ccco3)no2)c(C)c1. The molecule has 0 saturated heterocycles. The first kappa shape index (κ1) is 17.0. The predicted octanol–water partition coefficient (Wildman–Crippen LogP) is 3.50. The van der Waals surface area contributed by atoms with E-state index in [1.54, 1.807) is 18.4 Å². The number of aromatic nitrogens is 2. The highest BCUT2D eigenvalue weighted by Crippen LogP contribution is 2.17. The average molecular weight is 339 g/mol. The normalized spacial score (nSPS) is 10.8. The Morgan fingerprint density at radius 3 is 2.64 bits per heavy atom. The zero-order valence-electron chi connectivity index (χ0n) is 14.6. The second-order valence-electron chi connectivity index (χ2n) is 6.14. The summed E-state index contributed by atoms with van der Waals surface area (Å²) in [5.74, 6) is 1.32. The third-order valence-electron chi connectivity index (χ3n) is 4.08. The van der Waals surface area contributed by atoms with E-state index in [9.17, 15) is 4.79 Å². The van der Waals surface area contributed by atoms with Gasteiger partial charge in [0.25, 0.3) is 0 Å². The lowest BCUT2D eigenvalue weighted by atomic mass is 10.00. The number of benzene rings is 1. The molecule has 0 bridgehead atoms. The van der Waals surface area contributed by atoms with Crippen LogP contribution in [0, 0.1) is 20.8 Å². The van der Waals surface area contributed by atoms with E-state index in [1.807, 2.05) is 0 Å². The van der Waals surface area contributed by atoms with Crippen molar-refractivity contribution in [1.82, 2.24) is 15.5 Å². The summed E-state index contributed by atoms with van der Waals surface area (Å²) in [4.78, 5) is 16.3. The van der Waals surface area contributed by atoms with E-state index in [2.05, 4.69) is 48.4 Å². The van der Waals surface area contributed by atoms with E-state index < -0.39 is 0 Å². The molecule has 6 nitrogen and oxygen atoms in total. The van der Waals surface area contributed by atoms with Gasteiger partial charge in [-0.25, -0.2) is 0 Å². The van der Waals surface area contributed by atoms with E-state index in [-0.39, 0.29) is 5.91 Å². The van der Waals surface area contributed by atoms with Crippen molar-refractivity contribution < 1.29 is 13.7 Å². The van der Waals surface area contributed by atoms with E-state index in [0.717, 1.165) is 5.56 Å². The molecule has 1 aromatic carbocycles. The highest BCUT2D eigenvalue weighted by atomic mass is 16.5. The van der Waals surface area contributed by atoms with Crippen molar-refractivity contribution in [2.24, 2.45) is 0 Å². The van der Waals surface area contributed by atoms with E-state index in [4.69, 9.17) is 8.94 Å². The third-order valence-corrected chi connectivity index (χ3v) is 4.08. The molecule has 2 aromatic heterocycles. The molecular weight excluding hydrogens is 318 g/mol. The predicted molar refractivity (Wildman–Crippen MR) is 92.8 cm³/mol. The van der Waals surface area contributed by atoms with Gasteiger partial charge < -0.3 is 14.3 Å². The van der Waals surface area contributed by atoms with Crippen LogP contribution in [-0.2, 0) is 17.8 Å². The van der Waals surface area contributed by atoms with Crippen LogP contribution in [0.3, 0.4) is 0 Å². The van der Waals surface area contributed by atoms with Crippen LogP contribution in [0.15, 0.2) is 39.5 Å². The van der Waals surface area contributed by atoms with Crippen molar-refractivity contribution in [2.45, 2.75) is 40.2 Å². The molecule has 0 fully saturated rings. The molecular formula is C19H21N3O3. The van der Waals surface area contributed by atoms with Crippen LogP contribution < -0.4 is 5.32 Å². The highest BCUT2D eigenvalue weighted by molar-refractivity contribution is 5.76. The Bertz CT molecular complexity index is 843. The standard InChI is InChI=1S/C19H21N3O3/c1-12-9-13(2)15(14(3)10-12)11-20-17(23)6-7-18-21-19(22-25-18)16-5-4-8-24-16/h4-5,8-10H,6-7,11H2,1-3H3,(H,20,23). The first-order valence-electron chi connectivity index (χ1n) is 8.23. The lowest BCUT2D eigenvalue weighted by molar-refractivity contribution is -0.121. The molecule has 0 atom stereocenters. The lowest BCUT2D eigenvalue weighted by Gasteiger charge is -2.12. The lowest BCUT2D eigenvalue weighted by Crippen LogP contribution is -2.24. The molecule has 0 aliphatic heterocycles. The van der Waals surface area contributed by atoms with Crippen LogP contribution >= 0.6 is 0 Å². The van der Waals surface area contributed by atoms with Crippen molar-refractivity contribution in [1.29, 1.82) is 0 Å². The average Bonchev–Trinajstić information content (AvgIpc) is 3.23. The van der Waals surface area contributed by atoms with Crippen molar-refractivity contribution >= 4 is 5.91 Å². The summed E-state index contributed by atoms with van der Waals surface area (Å²) in [5, 5.41) is 6.81. The molecule has 130 valence electrons. The second kappa shape index (κ2) is 7.34. The summed E-state index contributed by atoms with van der Waals surface area (Å²) in [6, 6.07) is 7.77. The summed E-state index contributed by atoms with van der Waals surface area (Å²) in [5.41, 5.74) is 4.78. The fraction of sp³-hybridized carbons (Fsp3) is 0.316. The Morgan fingerprint density at radius 2 is 1.96 bits per heavy atom. The maximum Gasteiger partial charge on any atom is 0.238 e. The Morgan fingerprint density at radius 1 is 1.20 bits per heavy atom. The van der Waals surface area contributed by atoms with Gasteiger partial charge in [-0.05, 0) is 49.6 Å². The van der Waals surface area contributed by atoms with Gasteiger partial charge in [0.2, 0.25) is 17.6 Å². The fourth-order valence-corrected chi connectivity index (χ4v) is 2.85. The Kier molecular flexibility index (Phi) is 4.97. The second-order valence-corrected chi connectivity index (χ2v) is 6.14. The number of furan rings is 1. The maximum absolute atomic E-state index is 12.1. The minimum atomic E-state index is -0.0443. The Balaban J connectivity index is 1.52. The monoisotopic (exact) mass is 339 g/mol. The van der Waals surface area contributed by atoms with Gasteiger partial charge >= 0.3 is 0 Å². The molecule has 0 aliphatic carbocycles. The van der Waals surface area contributed by atoms with Crippen LogP contribution in [-0.4, -0.2) is 16.0 Å². The van der Waals surface area contributed by atoms with Crippen LogP contribution in [0.5, 0.6) is 0 Å². The topological polar surface area (TPSA) is 81.2 Å². The van der Waals surface area contributed by atoms with Gasteiger partial charge in [0, 0.05) is 19.4 Å². The number of amides is 1. The zero-order chi connectivity index (χ0) is 17.8. The van der Waals surface area contributed by atoms with Crippen LogP contribution in [0.1, 0.15) is 34.6 Å². The third kappa shape index (κ3) is 4.15. The number of carbonyl (C=O) groups excluding carboxylic acids is 1. The smallest absolute Gasteiger partial charge is 0.238 e. The molecule has 0 spiro atoms. The van der Waals surface area contributed by atoms with Gasteiger partial charge in [-0.3, -0.25) is 4.79 Å². The van der Waals surface area contributed by atoms with Gasteiger partial charge in [-0.1, -0.05) is 22.9 Å². The van der Waals surface area contributed by atoms with Gasteiger partial charge in [-0.2, -0.15) is 4.98 Å². The quantitative estimate of drug-likeness (QED) is 0.743. The summed E-state index contributed by atoms with van der Waals surface area (Å²) in [6.45, 7) is 6.73. The molecule has 1 amide bonds. The van der Waals surface area contributed by atoms with Crippen LogP contribution in [0.2, 0.25) is 0 Å². The van der Waals surface area contributed by atoms with Gasteiger partial charge in [0.15, 0.2) is 5.76 Å². The number of carbonyl (C=O) groups is 1. The molecule has 0 saturated carbocycles. The molecule has 2 heterocycles. The van der Waals surface area contributed by atoms with Crippen molar-refractivity contribution in [3.8, 4) is 11.6 Å². The number of rotatable bonds is 6. The summed E-state index contributed by atoms with van der Waals surface area (Å²) in [6.07, 6.45) is 2.24. The molecule has 0 unspecified atom stereocenters. The summed E-state index contributed by atoms with van der Waals surface area (Å²) < 4.78 is 10.4. The minimum Gasteiger partial charge on any atom is -0.461 e. The van der Waals surface area contributed by atoms with Crippen LogP contribution in [0.25, 0.3) is 11.6 Å². The molecule has 6 heteroatoms. The van der Waals surface area contributed by atoms with Gasteiger partial charge in [-0.15, -0.1) is 0 Å². The Labute approximate surface area is 146 Å². The molecule has 3 aromatic rings. The number of hydrogen-bond donors (Lipinski definition) is 1. The van der Waals surface area contributed by atoms with E-state index in [0.29, 0.717) is 36.9 Å². The summed E-state index contributed by atoms with van der Waals surface area (Å²) in [7, 11) is 0. The largest absolute Gasteiger partial charge is 0.461 e. The first-order valence-corrected chi connectivity index (χ1v) is 8.23. The number of nitrogens with one attached hydrogen (secondary N) is 1. The van der Waals surface area contributed by atoms with Crippen molar-refractivity contribution in [3.63, 3.8) is 0 Å².